The zero-order valence-corrected chi connectivity index (χ0v) is 17.8. The third-order valence-electron chi connectivity index (χ3n) is 4.98. The maximum atomic E-state index is 12.9. The fraction of sp³-hybridized carbons (Fsp3) is 0.130. The number of aryl methyl sites for hydroxylation is 2. The first-order valence-electron chi connectivity index (χ1n) is 9.15. The molecule has 0 saturated carbocycles. The van der Waals surface area contributed by atoms with Crippen molar-refractivity contribution in [1.82, 2.24) is 4.57 Å². The fourth-order valence-corrected chi connectivity index (χ4v) is 4.54. The van der Waals surface area contributed by atoms with Gasteiger partial charge in [-0.05, 0) is 80.1 Å². The van der Waals surface area contributed by atoms with E-state index in [9.17, 15) is 9.59 Å². The van der Waals surface area contributed by atoms with E-state index in [1.54, 1.807) is 18.2 Å². The molecule has 0 N–H and O–H groups in total. The molecule has 0 spiro atoms. The van der Waals surface area contributed by atoms with Crippen LogP contribution in [0.5, 0.6) is 0 Å². The summed E-state index contributed by atoms with van der Waals surface area (Å²) >= 11 is 7.17. The lowest BCUT2D eigenvalue weighted by atomic mass is 10.2. The van der Waals surface area contributed by atoms with Crippen LogP contribution in [-0.2, 0) is 4.79 Å². The highest BCUT2D eigenvalue weighted by molar-refractivity contribution is 8.19. The third-order valence-corrected chi connectivity index (χ3v) is 6.08. The summed E-state index contributed by atoms with van der Waals surface area (Å²) in [6.45, 7) is 6.05. The summed E-state index contributed by atoms with van der Waals surface area (Å²) in [6, 6.07) is 16.8. The Kier molecular flexibility index (Phi) is 5.11. The molecule has 146 valence electrons. The minimum absolute atomic E-state index is 0.285. The lowest BCUT2D eigenvalue weighted by molar-refractivity contribution is -0.113. The number of hydrogen-bond donors (Lipinski definition) is 0. The van der Waals surface area contributed by atoms with Gasteiger partial charge in [0.25, 0.3) is 11.1 Å². The second-order valence-electron chi connectivity index (χ2n) is 6.95. The molecule has 29 heavy (non-hydrogen) atoms. The van der Waals surface area contributed by atoms with Gasteiger partial charge in [-0.1, -0.05) is 35.9 Å². The first-order valence-corrected chi connectivity index (χ1v) is 10.3. The van der Waals surface area contributed by atoms with Gasteiger partial charge in [0.1, 0.15) is 0 Å². The van der Waals surface area contributed by atoms with Crippen molar-refractivity contribution in [3.8, 4) is 5.69 Å². The van der Waals surface area contributed by atoms with Crippen LogP contribution in [0, 0.1) is 20.8 Å². The second-order valence-corrected chi connectivity index (χ2v) is 8.37. The Bertz CT molecular complexity index is 1170. The Balaban J connectivity index is 1.74. The van der Waals surface area contributed by atoms with E-state index in [0.29, 0.717) is 15.6 Å². The van der Waals surface area contributed by atoms with Crippen molar-refractivity contribution in [2.75, 3.05) is 4.90 Å². The van der Waals surface area contributed by atoms with Crippen molar-refractivity contribution < 1.29 is 9.59 Å². The number of rotatable bonds is 3. The number of benzene rings is 2. The predicted molar refractivity (Wildman–Crippen MR) is 120 cm³/mol. The molecule has 0 bridgehead atoms. The smallest absolute Gasteiger partial charge is 0.298 e. The number of carbonyl (C=O) groups excluding carboxylic acids is 2. The Hall–Kier alpha value is -2.76. The number of halogens is 1. The number of anilines is 1. The van der Waals surface area contributed by atoms with Crippen LogP contribution in [0.15, 0.2) is 59.5 Å². The molecule has 0 atom stereocenters. The molecule has 4 nitrogen and oxygen atoms in total. The molecular weight excluding hydrogens is 404 g/mol. The summed E-state index contributed by atoms with van der Waals surface area (Å²) in [5.41, 5.74) is 5.61. The molecular formula is C23H19ClN2O2S. The predicted octanol–water partition coefficient (Wildman–Crippen LogP) is 6.30. The maximum absolute atomic E-state index is 12.9. The largest absolute Gasteiger partial charge is 0.318 e. The summed E-state index contributed by atoms with van der Waals surface area (Å²) < 4.78 is 2.12. The number of imide groups is 1. The summed E-state index contributed by atoms with van der Waals surface area (Å²) in [7, 11) is 0. The van der Waals surface area contributed by atoms with Crippen LogP contribution >= 0.6 is 23.4 Å². The van der Waals surface area contributed by atoms with Gasteiger partial charge in [-0.25, -0.2) is 4.90 Å². The van der Waals surface area contributed by atoms with Crippen molar-refractivity contribution in [2.24, 2.45) is 0 Å². The van der Waals surface area contributed by atoms with Gasteiger partial charge >= 0.3 is 0 Å². The Morgan fingerprint density at radius 3 is 2.41 bits per heavy atom. The Morgan fingerprint density at radius 1 is 0.966 bits per heavy atom. The SMILES string of the molecule is Cc1ccc(Cl)cc1-n1c(C)cc(C=C2SC(=O)N(c3ccccc3)C2=O)c1C. The van der Waals surface area contributed by atoms with Gasteiger partial charge in [-0.3, -0.25) is 9.59 Å². The molecule has 4 rings (SSSR count). The van der Waals surface area contributed by atoms with Crippen LogP contribution in [0.4, 0.5) is 10.5 Å². The second kappa shape index (κ2) is 7.58. The van der Waals surface area contributed by atoms with E-state index in [1.165, 1.54) is 4.90 Å². The van der Waals surface area contributed by atoms with E-state index in [-0.39, 0.29) is 11.1 Å². The Labute approximate surface area is 178 Å². The highest BCUT2D eigenvalue weighted by Gasteiger charge is 2.36. The summed E-state index contributed by atoms with van der Waals surface area (Å²) in [5, 5.41) is 0.385. The average Bonchev–Trinajstić information content (AvgIpc) is 3.13. The normalized spacial score (nSPS) is 15.6. The van der Waals surface area contributed by atoms with Crippen molar-refractivity contribution in [1.29, 1.82) is 0 Å². The highest BCUT2D eigenvalue weighted by atomic mass is 35.5. The van der Waals surface area contributed by atoms with Crippen molar-refractivity contribution in [2.45, 2.75) is 20.8 Å². The standard InChI is InChI=1S/C23H19ClN2O2S/c1-14-9-10-18(24)13-20(14)25-15(2)11-17(16(25)3)12-21-22(27)26(23(28)29-21)19-7-5-4-6-8-19/h4-13H,1-3H3. The molecule has 1 aliphatic rings. The molecule has 6 heteroatoms. The monoisotopic (exact) mass is 422 g/mol. The van der Waals surface area contributed by atoms with E-state index in [4.69, 9.17) is 11.6 Å². The van der Waals surface area contributed by atoms with E-state index in [1.807, 2.05) is 63.2 Å². The van der Waals surface area contributed by atoms with E-state index < -0.39 is 0 Å². The third kappa shape index (κ3) is 3.52. The maximum Gasteiger partial charge on any atom is 0.298 e. The summed E-state index contributed by atoms with van der Waals surface area (Å²) in [6.07, 6.45) is 1.80. The van der Waals surface area contributed by atoms with Crippen molar-refractivity contribution >= 4 is 46.3 Å². The quantitative estimate of drug-likeness (QED) is 0.465. The van der Waals surface area contributed by atoms with E-state index in [2.05, 4.69) is 4.57 Å². The number of thioether (sulfide) groups is 1. The van der Waals surface area contributed by atoms with Gasteiger partial charge in [-0.2, -0.15) is 0 Å². The topological polar surface area (TPSA) is 42.3 Å². The van der Waals surface area contributed by atoms with Gasteiger partial charge in [0, 0.05) is 22.1 Å². The molecule has 2 amide bonds. The lowest BCUT2D eigenvalue weighted by Gasteiger charge is -2.13. The van der Waals surface area contributed by atoms with E-state index in [0.717, 1.165) is 40.0 Å². The van der Waals surface area contributed by atoms with Crippen LogP contribution in [0.25, 0.3) is 11.8 Å². The van der Waals surface area contributed by atoms with Crippen LogP contribution in [0.1, 0.15) is 22.5 Å². The van der Waals surface area contributed by atoms with Crippen LogP contribution in [0.2, 0.25) is 5.02 Å². The minimum Gasteiger partial charge on any atom is -0.318 e. The molecule has 0 aliphatic carbocycles. The number of carbonyl (C=O) groups is 2. The molecule has 1 aromatic heterocycles. The average molecular weight is 423 g/mol. The van der Waals surface area contributed by atoms with Gasteiger partial charge in [0.2, 0.25) is 0 Å². The van der Waals surface area contributed by atoms with Gasteiger partial charge in [-0.15, -0.1) is 0 Å². The molecule has 1 aliphatic heterocycles. The number of nitrogens with zero attached hydrogens (tertiary/aromatic N) is 2. The molecule has 2 heterocycles. The van der Waals surface area contributed by atoms with Crippen LogP contribution in [-0.4, -0.2) is 15.7 Å². The minimum atomic E-state index is -0.296. The van der Waals surface area contributed by atoms with Crippen LogP contribution in [0.3, 0.4) is 0 Å². The Morgan fingerprint density at radius 2 is 1.69 bits per heavy atom. The van der Waals surface area contributed by atoms with Gasteiger partial charge in [0.15, 0.2) is 0 Å². The number of hydrogen-bond acceptors (Lipinski definition) is 3. The molecule has 3 aromatic rings. The zero-order chi connectivity index (χ0) is 20.7. The zero-order valence-electron chi connectivity index (χ0n) is 16.3. The molecule has 1 saturated heterocycles. The van der Waals surface area contributed by atoms with Crippen molar-refractivity contribution in [3.05, 3.63) is 87.0 Å². The summed E-state index contributed by atoms with van der Waals surface area (Å²) in [4.78, 5) is 27.0. The highest BCUT2D eigenvalue weighted by Crippen LogP contribution is 2.36. The molecule has 0 unspecified atom stereocenters. The van der Waals surface area contributed by atoms with Gasteiger partial charge in [0.05, 0.1) is 10.6 Å². The lowest BCUT2D eigenvalue weighted by Crippen LogP contribution is -2.27. The number of amides is 2. The fourth-order valence-electron chi connectivity index (χ4n) is 3.54. The first-order chi connectivity index (χ1) is 13.9. The number of para-hydroxylation sites is 1. The number of aromatic nitrogens is 1. The summed E-state index contributed by atoms with van der Waals surface area (Å²) in [5.74, 6) is -0.296. The molecule has 1 fully saturated rings. The molecule has 0 radical (unpaired) electrons. The molecule has 2 aromatic carbocycles. The van der Waals surface area contributed by atoms with Gasteiger partial charge < -0.3 is 4.57 Å². The van der Waals surface area contributed by atoms with E-state index >= 15 is 0 Å². The first kappa shape index (κ1) is 19.6. The van der Waals surface area contributed by atoms with Crippen LogP contribution < -0.4 is 4.90 Å². The van der Waals surface area contributed by atoms with Crippen molar-refractivity contribution in [3.63, 3.8) is 0 Å².